The molecule has 0 radical (unpaired) electrons. The number of hydrogen-bond donors (Lipinski definition) is 2. The van der Waals surface area contributed by atoms with Crippen molar-refractivity contribution < 1.29 is 15.0 Å². The number of hydrogen-bond acceptors (Lipinski definition) is 2. The van der Waals surface area contributed by atoms with Crippen molar-refractivity contribution in [2.75, 3.05) is 19.7 Å². The van der Waals surface area contributed by atoms with Gasteiger partial charge in [-0.25, -0.2) is 4.79 Å². The van der Waals surface area contributed by atoms with Crippen LogP contribution in [0.15, 0.2) is 0 Å². The van der Waals surface area contributed by atoms with Crippen molar-refractivity contribution >= 4 is 6.09 Å². The smallest absolute Gasteiger partial charge is 0.407 e. The summed E-state index contributed by atoms with van der Waals surface area (Å²) in [5.74, 6) is 0.720. The van der Waals surface area contributed by atoms with E-state index in [4.69, 9.17) is 5.11 Å². The van der Waals surface area contributed by atoms with Crippen LogP contribution in [0.1, 0.15) is 20.8 Å². The number of carbonyl (C=O) groups is 1. The fraction of sp³-hybridized carbons (Fsp3) is 0.909. The van der Waals surface area contributed by atoms with Crippen LogP contribution in [-0.4, -0.2) is 40.9 Å². The van der Waals surface area contributed by atoms with E-state index in [-0.39, 0.29) is 17.4 Å². The summed E-state index contributed by atoms with van der Waals surface area (Å²) < 4.78 is 0. The molecule has 2 rings (SSSR count). The SMILES string of the molecule is CC(C)(C)C1(CO)[C@@H]2CN(C(=O)O)C[C@@H]21. The lowest BCUT2D eigenvalue weighted by Gasteiger charge is -2.35. The van der Waals surface area contributed by atoms with Crippen LogP contribution < -0.4 is 0 Å². The van der Waals surface area contributed by atoms with E-state index in [0.717, 1.165) is 0 Å². The van der Waals surface area contributed by atoms with Crippen LogP contribution in [0.4, 0.5) is 4.79 Å². The van der Waals surface area contributed by atoms with Gasteiger partial charge in [0.2, 0.25) is 0 Å². The van der Waals surface area contributed by atoms with E-state index in [1.54, 1.807) is 0 Å². The van der Waals surface area contributed by atoms with Crippen LogP contribution in [0.2, 0.25) is 0 Å². The molecule has 1 aliphatic carbocycles. The minimum atomic E-state index is -0.831. The van der Waals surface area contributed by atoms with E-state index in [1.807, 2.05) is 0 Å². The van der Waals surface area contributed by atoms with Gasteiger partial charge in [-0.1, -0.05) is 20.8 Å². The number of piperidine rings is 1. The molecule has 0 aromatic carbocycles. The average molecular weight is 213 g/mol. The third kappa shape index (κ3) is 1.20. The first-order chi connectivity index (χ1) is 6.84. The van der Waals surface area contributed by atoms with Crippen molar-refractivity contribution in [2.24, 2.45) is 22.7 Å². The van der Waals surface area contributed by atoms with Gasteiger partial charge in [0.1, 0.15) is 0 Å². The van der Waals surface area contributed by atoms with Gasteiger partial charge in [0, 0.05) is 25.1 Å². The highest BCUT2D eigenvalue weighted by molar-refractivity contribution is 5.66. The summed E-state index contributed by atoms with van der Waals surface area (Å²) in [6.07, 6.45) is -0.831. The van der Waals surface area contributed by atoms with Crippen molar-refractivity contribution in [3.63, 3.8) is 0 Å². The van der Waals surface area contributed by atoms with E-state index in [1.165, 1.54) is 4.90 Å². The lowest BCUT2D eigenvalue weighted by Crippen LogP contribution is -2.39. The monoisotopic (exact) mass is 213 g/mol. The molecule has 1 amide bonds. The first kappa shape index (κ1) is 10.7. The Bertz CT molecular complexity index is 283. The fourth-order valence-electron chi connectivity index (χ4n) is 3.47. The van der Waals surface area contributed by atoms with Gasteiger partial charge in [0.05, 0.1) is 0 Å². The minimum Gasteiger partial charge on any atom is -0.465 e. The molecule has 4 nitrogen and oxygen atoms in total. The molecule has 0 aromatic rings. The van der Waals surface area contributed by atoms with E-state index in [0.29, 0.717) is 24.9 Å². The highest BCUT2D eigenvalue weighted by atomic mass is 16.4. The molecule has 1 aliphatic heterocycles. The van der Waals surface area contributed by atoms with E-state index >= 15 is 0 Å². The zero-order valence-corrected chi connectivity index (χ0v) is 9.53. The van der Waals surface area contributed by atoms with Gasteiger partial charge in [-0.3, -0.25) is 0 Å². The van der Waals surface area contributed by atoms with Crippen LogP contribution in [0.5, 0.6) is 0 Å². The van der Waals surface area contributed by atoms with Crippen molar-refractivity contribution in [3.8, 4) is 0 Å². The maximum Gasteiger partial charge on any atom is 0.407 e. The number of carboxylic acid groups (broad SMARTS) is 1. The quantitative estimate of drug-likeness (QED) is 0.689. The summed E-state index contributed by atoms with van der Waals surface area (Å²) in [5.41, 5.74) is 0.0145. The summed E-state index contributed by atoms with van der Waals surface area (Å²) in [6, 6.07) is 0. The third-order valence-corrected chi connectivity index (χ3v) is 4.46. The summed E-state index contributed by atoms with van der Waals surface area (Å²) in [4.78, 5) is 12.2. The standard InChI is InChI=1S/C11H19NO3/c1-10(2,3)11(6-13)7-4-12(9(14)15)5-8(7)11/h7-8,13H,4-6H2,1-3H3,(H,14,15)/t7-,8+,11?. The van der Waals surface area contributed by atoms with Crippen molar-refractivity contribution in [1.29, 1.82) is 0 Å². The van der Waals surface area contributed by atoms with Crippen LogP contribution >= 0.6 is 0 Å². The molecule has 2 aliphatic rings. The van der Waals surface area contributed by atoms with Crippen LogP contribution in [0.3, 0.4) is 0 Å². The summed E-state index contributed by atoms with van der Waals surface area (Å²) in [7, 11) is 0. The molecular weight excluding hydrogens is 194 g/mol. The Morgan fingerprint density at radius 2 is 1.87 bits per heavy atom. The number of likely N-dealkylation sites (tertiary alicyclic amines) is 1. The normalized spacial score (nSPS) is 39.1. The van der Waals surface area contributed by atoms with Gasteiger partial charge >= 0.3 is 6.09 Å². The molecule has 0 spiro atoms. The first-order valence-corrected chi connectivity index (χ1v) is 5.43. The molecule has 1 saturated heterocycles. The lowest BCUT2D eigenvalue weighted by atomic mass is 9.74. The molecule has 0 bridgehead atoms. The van der Waals surface area contributed by atoms with Crippen LogP contribution in [-0.2, 0) is 0 Å². The molecule has 1 saturated carbocycles. The zero-order chi connectivity index (χ0) is 11.4. The average Bonchev–Trinajstić information content (AvgIpc) is 2.53. The number of aliphatic hydroxyl groups excluding tert-OH is 1. The van der Waals surface area contributed by atoms with Crippen LogP contribution in [0, 0.1) is 22.7 Å². The second kappa shape index (κ2) is 2.88. The minimum absolute atomic E-state index is 0.0427. The Kier molecular flexibility index (Phi) is 2.06. The van der Waals surface area contributed by atoms with Crippen molar-refractivity contribution in [2.45, 2.75) is 20.8 Å². The Morgan fingerprint density at radius 1 is 1.40 bits per heavy atom. The summed E-state index contributed by atoms with van der Waals surface area (Å²) in [5, 5.41) is 18.4. The number of amides is 1. The topological polar surface area (TPSA) is 60.8 Å². The van der Waals surface area contributed by atoms with Gasteiger partial charge in [-0.2, -0.15) is 0 Å². The summed E-state index contributed by atoms with van der Waals surface area (Å²) in [6.45, 7) is 7.76. The lowest BCUT2D eigenvalue weighted by molar-refractivity contribution is 0.0571. The molecule has 0 aromatic heterocycles. The predicted octanol–water partition coefficient (Wildman–Crippen LogP) is 1.25. The summed E-state index contributed by atoms with van der Waals surface area (Å²) >= 11 is 0. The van der Waals surface area contributed by atoms with Gasteiger partial charge in [0.15, 0.2) is 0 Å². The molecule has 2 fully saturated rings. The van der Waals surface area contributed by atoms with Gasteiger partial charge in [-0.05, 0) is 17.3 Å². The predicted molar refractivity (Wildman–Crippen MR) is 55.6 cm³/mol. The molecule has 15 heavy (non-hydrogen) atoms. The Labute approximate surface area is 89.9 Å². The third-order valence-electron chi connectivity index (χ3n) is 4.46. The zero-order valence-electron chi connectivity index (χ0n) is 9.53. The molecular formula is C11H19NO3. The van der Waals surface area contributed by atoms with Crippen molar-refractivity contribution in [3.05, 3.63) is 0 Å². The molecule has 3 atom stereocenters. The van der Waals surface area contributed by atoms with Gasteiger partial charge in [-0.15, -0.1) is 0 Å². The number of aliphatic hydroxyl groups is 1. The number of fused-ring (bicyclic) bond motifs is 1. The second-order valence-electron chi connectivity index (χ2n) is 5.85. The maximum absolute atomic E-state index is 10.8. The molecule has 2 N–H and O–H groups in total. The van der Waals surface area contributed by atoms with Crippen molar-refractivity contribution in [1.82, 2.24) is 4.90 Å². The molecule has 1 heterocycles. The molecule has 86 valence electrons. The fourth-order valence-corrected chi connectivity index (χ4v) is 3.47. The van der Waals surface area contributed by atoms with E-state index in [2.05, 4.69) is 20.8 Å². The number of nitrogens with zero attached hydrogens (tertiary/aromatic N) is 1. The highest BCUT2D eigenvalue weighted by Crippen LogP contribution is 2.70. The van der Waals surface area contributed by atoms with Gasteiger partial charge < -0.3 is 15.1 Å². The molecule has 1 unspecified atom stereocenters. The van der Waals surface area contributed by atoms with Crippen LogP contribution in [0.25, 0.3) is 0 Å². The Morgan fingerprint density at radius 3 is 2.13 bits per heavy atom. The van der Waals surface area contributed by atoms with E-state index in [9.17, 15) is 9.90 Å². The maximum atomic E-state index is 10.8. The Balaban J connectivity index is 2.11. The largest absolute Gasteiger partial charge is 0.465 e. The Hall–Kier alpha value is -0.770. The second-order valence-corrected chi connectivity index (χ2v) is 5.85. The van der Waals surface area contributed by atoms with E-state index < -0.39 is 6.09 Å². The number of rotatable bonds is 1. The first-order valence-electron chi connectivity index (χ1n) is 5.43. The van der Waals surface area contributed by atoms with Gasteiger partial charge in [0.25, 0.3) is 0 Å². The molecule has 4 heteroatoms. The highest BCUT2D eigenvalue weighted by Gasteiger charge is 2.72.